The summed E-state index contributed by atoms with van der Waals surface area (Å²) >= 11 is 0. The van der Waals surface area contributed by atoms with Crippen molar-refractivity contribution in [1.82, 2.24) is 4.98 Å². The number of rotatable bonds is 3. The zero-order valence-corrected chi connectivity index (χ0v) is 9.31. The summed E-state index contributed by atoms with van der Waals surface area (Å²) in [4.78, 5) is 4.30. The number of ether oxygens (including phenoxy) is 1. The first-order valence-corrected chi connectivity index (χ1v) is 5.53. The van der Waals surface area contributed by atoms with E-state index in [2.05, 4.69) is 18.8 Å². The van der Waals surface area contributed by atoms with E-state index in [1.165, 1.54) is 0 Å². The first-order chi connectivity index (χ1) is 7.15. The summed E-state index contributed by atoms with van der Waals surface area (Å²) in [6.45, 7) is 4.26. The van der Waals surface area contributed by atoms with Gasteiger partial charge in [0, 0.05) is 24.0 Å². The molecular weight excluding hydrogens is 188 g/mol. The minimum Gasteiger partial charge on any atom is -0.490 e. The lowest BCUT2D eigenvalue weighted by Gasteiger charge is -2.32. The average molecular weight is 206 g/mol. The molecule has 2 N–H and O–H groups in total. The monoisotopic (exact) mass is 206 g/mol. The predicted octanol–water partition coefficient (Wildman–Crippen LogP) is 2.07. The van der Waals surface area contributed by atoms with E-state index in [1.807, 2.05) is 18.3 Å². The Bertz CT molecular complexity index is 332. The van der Waals surface area contributed by atoms with Gasteiger partial charge in [-0.1, -0.05) is 13.8 Å². The van der Waals surface area contributed by atoms with Gasteiger partial charge in [0.1, 0.15) is 11.9 Å². The Morgan fingerprint density at radius 3 is 2.80 bits per heavy atom. The third-order valence-electron chi connectivity index (χ3n) is 2.78. The van der Waals surface area contributed by atoms with Gasteiger partial charge in [-0.2, -0.15) is 0 Å². The topological polar surface area (TPSA) is 48.1 Å². The van der Waals surface area contributed by atoms with E-state index >= 15 is 0 Å². The minimum atomic E-state index is 0.308. The van der Waals surface area contributed by atoms with Gasteiger partial charge >= 0.3 is 0 Å². The lowest BCUT2D eigenvalue weighted by Crippen LogP contribution is -2.43. The van der Waals surface area contributed by atoms with Crippen LogP contribution in [0.5, 0.6) is 5.75 Å². The smallest absolute Gasteiger partial charge is 0.123 e. The van der Waals surface area contributed by atoms with E-state index < -0.39 is 0 Å². The van der Waals surface area contributed by atoms with Crippen LogP contribution in [0.15, 0.2) is 18.3 Å². The maximum Gasteiger partial charge on any atom is 0.123 e. The van der Waals surface area contributed by atoms with Gasteiger partial charge < -0.3 is 10.5 Å². The summed E-state index contributed by atoms with van der Waals surface area (Å²) in [6, 6.07) is 4.27. The van der Waals surface area contributed by atoms with Crippen LogP contribution >= 0.6 is 0 Å². The van der Waals surface area contributed by atoms with E-state index in [0.717, 1.165) is 24.3 Å². The third kappa shape index (κ3) is 2.48. The van der Waals surface area contributed by atoms with Crippen molar-refractivity contribution in [1.29, 1.82) is 0 Å². The molecule has 1 aromatic heterocycles. The molecular formula is C12H18N2O. The van der Waals surface area contributed by atoms with Crippen molar-refractivity contribution in [3.63, 3.8) is 0 Å². The fraction of sp³-hybridized carbons (Fsp3) is 0.583. The van der Waals surface area contributed by atoms with Gasteiger partial charge in [-0.3, -0.25) is 4.98 Å². The number of hydrogen-bond acceptors (Lipinski definition) is 3. The Morgan fingerprint density at radius 1 is 1.47 bits per heavy atom. The molecule has 0 radical (unpaired) electrons. The quantitative estimate of drug-likeness (QED) is 0.823. The maximum absolute atomic E-state index is 5.79. The molecule has 1 fully saturated rings. The van der Waals surface area contributed by atoms with E-state index in [0.29, 0.717) is 18.1 Å². The van der Waals surface area contributed by atoms with Crippen LogP contribution in [0, 0.1) is 0 Å². The van der Waals surface area contributed by atoms with Gasteiger partial charge in [-0.15, -0.1) is 0 Å². The molecule has 0 spiro atoms. The summed E-state index contributed by atoms with van der Waals surface area (Å²) in [7, 11) is 0. The highest BCUT2D eigenvalue weighted by molar-refractivity contribution is 5.24. The van der Waals surface area contributed by atoms with Crippen molar-refractivity contribution < 1.29 is 4.74 Å². The van der Waals surface area contributed by atoms with Crippen LogP contribution in [-0.4, -0.2) is 17.1 Å². The number of hydrogen-bond donors (Lipinski definition) is 1. The maximum atomic E-state index is 5.79. The lowest BCUT2D eigenvalue weighted by molar-refractivity contribution is 0.101. The molecule has 1 heterocycles. The first kappa shape index (κ1) is 10.4. The van der Waals surface area contributed by atoms with Crippen molar-refractivity contribution in [2.75, 3.05) is 0 Å². The van der Waals surface area contributed by atoms with Gasteiger partial charge in [0.15, 0.2) is 0 Å². The Morgan fingerprint density at radius 2 is 2.20 bits per heavy atom. The third-order valence-corrected chi connectivity index (χ3v) is 2.78. The van der Waals surface area contributed by atoms with Crippen LogP contribution in [0.1, 0.15) is 38.3 Å². The molecule has 3 heteroatoms. The zero-order chi connectivity index (χ0) is 10.8. The molecule has 0 aliphatic heterocycles. The highest BCUT2D eigenvalue weighted by Gasteiger charge is 2.27. The molecule has 2 rings (SSSR count). The molecule has 1 aliphatic rings. The van der Waals surface area contributed by atoms with E-state index in [-0.39, 0.29) is 0 Å². The fourth-order valence-electron chi connectivity index (χ4n) is 1.71. The highest BCUT2D eigenvalue weighted by atomic mass is 16.5. The van der Waals surface area contributed by atoms with Crippen LogP contribution in [0.4, 0.5) is 0 Å². The Kier molecular flexibility index (Phi) is 2.91. The minimum absolute atomic E-state index is 0.308. The van der Waals surface area contributed by atoms with E-state index in [4.69, 9.17) is 10.5 Å². The molecule has 3 nitrogen and oxygen atoms in total. The Hall–Kier alpha value is -1.09. The standard InChI is InChI=1S/C12H18N2O/c1-8(2)12-7-10(3-4-14-12)15-11-5-9(13)6-11/h3-4,7-9,11H,5-6,13H2,1-2H3. The van der Waals surface area contributed by atoms with Gasteiger partial charge in [0.05, 0.1) is 0 Å². The van der Waals surface area contributed by atoms with Crippen LogP contribution in [0.2, 0.25) is 0 Å². The Labute approximate surface area is 90.7 Å². The van der Waals surface area contributed by atoms with Gasteiger partial charge in [-0.25, -0.2) is 0 Å². The number of nitrogens with zero attached hydrogens (tertiary/aromatic N) is 1. The van der Waals surface area contributed by atoms with Crippen molar-refractivity contribution in [3.8, 4) is 5.75 Å². The van der Waals surface area contributed by atoms with Gasteiger partial charge in [-0.05, 0) is 24.8 Å². The largest absolute Gasteiger partial charge is 0.490 e. The SMILES string of the molecule is CC(C)c1cc(OC2CC(N)C2)ccn1. The number of pyridine rings is 1. The highest BCUT2D eigenvalue weighted by Crippen LogP contribution is 2.25. The number of aromatic nitrogens is 1. The van der Waals surface area contributed by atoms with E-state index in [1.54, 1.807) is 0 Å². The molecule has 1 saturated carbocycles. The molecule has 0 bridgehead atoms. The van der Waals surface area contributed by atoms with Gasteiger partial charge in [0.2, 0.25) is 0 Å². The first-order valence-electron chi connectivity index (χ1n) is 5.53. The molecule has 0 unspecified atom stereocenters. The number of nitrogens with two attached hydrogens (primary N) is 1. The summed E-state index contributed by atoms with van der Waals surface area (Å²) < 4.78 is 5.79. The summed E-state index contributed by atoms with van der Waals surface area (Å²) in [5, 5.41) is 0. The normalized spacial score (nSPS) is 25.1. The molecule has 0 amide bonds. The van der Waals surface area contributed by atoms with E-state index in [9.17, 15) is 0 Å². The molecule has 0 atom stereocenters. The summed E-state index contributed by atoms with van der Waals surface area (Å²) in [5.41, 5.74) is 6.79. The second-order valence-corrected chi connectivity index (χ2v) is 4.54. The summed E-state index contributed by atoms with van der Waals surface area (Å²) in [6.07, 6.45) is 4.06. The molecule has 0 aromatic carbocycles. The van der Waals surface area contributed by atoms with Crippen molar-refractivity contribution >= 4 is 0 Å². The lowest BCUT2D eigenvalue weighted by atomic mass is 9.90. The zero-order valence-electron chi connectivity index (χ0n) is 9.31. The predicted molar refractivity (Wildman–Crippen MR) is 60.0 cm³/mol. The summed E-state index contributed by atoms with van der Waals surface area (Å²) in [5.74, 6) is 1.36. The van der Waals surface area contributed by atoms with Crippen molar-refractivity contribution in [2.45, 2.75) is 44.8 Å². The molecule has 0 saturated heterocycles. The second kappa shape index (κ2) is 4.19. The van der Waals surface area contributed by atoms with Crippen LogP contribution < -0.4 is 10.5 Å². The van der Waals surface area contributed by atoms with Crippen LogP contribution in [0.25, 0.3) is 0 Å². The van der Waals surface area contributed by atoms with Crippen LogP contribution in [-0.2, 0) is 0 Å². The molecule has 1 aliphatic carbocycles. The fourth-order valence-corrected chi connectivity index (χ4v) is 1.71. The molecule has 15 heavy (non-hydrogen) atoms. The van der Waals surface area contributed by atoms with Gasteiger partial charge in [0.25, 0.3) is 0 Å². The second-order valence-electron chi connectivity index (χ2n) is 4.54. The average Bonchev–Trinajstić information content (AvgIpc) is 2.16. The van der Waals surface area contributed by atoms with Crippen molar-refractivity contribution in [2.24, 2.45) is 5.73 Å². The van der Waals surface area contributed by atoms with Crippen LogP contribution in [0.3, 0.4) is 0 Å². The van der Waals surface area contributed by atoms with Crippen molar-refractivity contribution in [3.05, 3.63) is 24.0 Å². The Balaban J connectivity index is 1.99. The molecule has 1 aromatic rings. The molecule has 82 valence electrons.